The number of ether oxygens (including phenoxy) is 9. The predicted octanol–water partition coefficient (Wildman–Crippen LogP) is 12.9. The van der Waals surface area contributed by atoms with E-state index in [2.05, 4.69) is 72.8 Å². The van der Waals surface area contributed by atoms with Gasteiger partial charge in [0, 0.05) is 16.7 Å². The Labute approximate surface area is 579 Å². The lowest BCUT2D eigenvalue weighted by molar-refractivity contribution is -0.202. The molecule has 12 aromatic rings. The summed E-state index contributed by atoms with van der Waals surface area (Å²) in [7, 11) is -4.79. The van der Waals surface area contributed by atoms with Crippen LogP contribution in [0.3, 0.4) is 0 Å². The molecule has 0 unspecified atom stereocenters. The van der Waals surface area contributed by atoms with Gasteiger partial charge in [0.25, 0.3) is 0 Å². The highest BCUT2D eigenvalue weighted by Gasteiger charge is 2.60. The monoisotopic (exact) mass is 1380 g/mol. The third-order valence-electron chi connectivity index (χ3n) is 19.2. The van der Waals surface area contributed by atoms with Gasteiger partial charge in [-0.05, 0) is 93.1 Å². The molecule has 6 aliphatic rings. The summed E-state index contributed by atoms with van der Waals surface area (Å²) in [5.41, 5.74) is 13.9. The molecule has 0 bridgehead atoms. The first-order valence-electron chi connectivity index (χ1n) is 33.6. The van der Waals surface area contributed by atoms with Crippen LogP contribution in [0, 0.1) is 0 Å². The van der Waals surface area contributed by atoms with E-state index >= 15 is 4.57 Å². The summed E-state index contributed by atoms with van der Waals surface area (Å²) in [5.74, 6) is -3.21. The highest BCUT2D eigenvalue weighted by atomic mass is 31.2. The minimum absolute atomic E-state index is 0.373. The molecule has 101 heavy (non-hydrogen) atoms. The van der Waals surface area contributed by atoms with E-state index in [1.54, 1.807) is 32.7 Å². The van der Waals surface area contributed by atoms with E-state index in [1.807, 2.05) is 133 Å². The molecule has 6 saturated heterocycles. The van der Waals surface area contributed by atoms with Crippen molar-refractivity contribution in [3.63, 3.8) is 0 Å². The molecule has 6 aliphatic heterocycles. The molecular weight excluding hydrogens is 1310 g/mol. The number of imidazole rings is 3. The van der Waals surface area contributed by atoms with Crippen LogP contribution in [0.25, 0.3) is 101 Å². The SMILES string of the molecule is CC1(C)O[C@@H]2[C@H](O1)[C@@H](COP(=O)(OC[C@H]1O[C@@H](n3cnc4c(-c5cccc(-c6ccccc6)c5)ncnc43)[C@@H]3OC(C)(C)O[C@@H]31)OC[C@H]1O[C@@H](n3cnc4c(-c5cccc(-c6ccccc6)c5)ncnc43)[C@@H]3OC(C)(C)O[C@@H]31)O[C@H]2n1cnc2c(-c3cccc(-c4ccccc4)c3)ncnc21. The number of aromatic nitrogens is 12. The molecule has 6 aromatic carbocycles. The van der Waals surface area contributed by atoms with Gasteiger partial charge in [0.1, 0.15) is 108 Å². The van der Waals surface area contributed by atoms with Crippen molar-refractivity contribution in [3.05, 3.63) is 202 Å². The minimum Gasteiger partial charge on any atom is -0.347 e. The number of benzene rings is 6. The maximum absolute atomic E-state index is 16.1. The van der Waals surface area contributed by atoms with Gasteiger partial charge in [-0.1, -0.05) is 146 Å². The van der Waals surface area contributed by atoms with Gasteiger partial charge < -0.3 is 42.6 Å². The molecule has 12 atom stereocenters. The third kappa shape index (κ3) is 11.8. The number of phosphoric acid groups is 1. The lowest BCUT2D eigenvalue weighted by atomic mass is 10.0. The zero-order chi connectivity index (χ0) is 68.4. The maximum Gasteiger partial charge on any atom is 0.475 e. The highest BCUT2D eigenvalue weighted by Crippen LogP contribution is 2.55. The standard InChI is InChI=1S/C75H69N12O13P/c1-73(2)95-61-52(92-70(64(61)98-73)85-40-82-58-55(76-37-79-67(58)85)49-28-16-25-46(31-49)43-19-10-7-11-20-43)34-89-101(88,90-35-53-62-65(99-74(3,4)96-62)71(93-53)86-41-83-59-56(77-38-80-68(59)86)50-29-17-26-47(32-50)44-21-12-8-13-22-44)91-36-54-63-66(100-75(5,6)97-63)72(94-54)87-42-84-60-57(78-39-81-69(60)87)51-30-18-27-48(33-51)45-23-14-9-15-24-45/h7-33,37-42,52-54,61-66,70-72H,34-36H2,1-6H3/t52-,53-,54-,61-,62-,63-,64-,65-,66-,70-,71-,72-/m1/s1. The Morgan fingerprint density at radius 1 is 0.337 bits per heavy atom. The van der Waals surface area contributed by atoms with Crippen LogP contribution in [0.1, 0.15) is 60.2 Å². The summed E-state index contributed by atoms with van der Waals surface area (Å²) in [4.78, 5) is 43.1. The zero-order valence-electron chi connectivity index (χ0n) is 55.7. The summed E-state index contributed by atoms with van der Waals surface area (Å²) >= 11 is 0. The van der Waals surface area contributed by atoms with E-state index in [1.165, 1.54) is 19.0 Å². The first-order chi connectivity index (χ1) is 49.1. The fourth-order valence-electron chi connectivity index (χ4n) is 14.8. The molecule has 6 aromatic heterocycles. The van der Waals surface area contributed by atoms with Crippen LogP contribution in [0.5, 0.6) is 0 Å². The Kier molecular flexibility index (Phi) is 15.8. The van der Waals surface area contributed by atoms with Crippen LogP contribution < -0.4 is 0 Å². The van der Waals surface area contributed by atoms with Gasteiger partial charge in [0.2, 0.25) is 0 Å². The summed E-state index contributed by atoms with van der Waals surface area (Å²) in [6.45, 7) is 9.84. The van der Waals surface area contributed by atoms with E-state index in [4.69, 9.17) is 101 Å². The summed E-state index contributed by atoms with van der Waals surface area (Å²) < 4.78 is 102. The number of phosphoric ester groups is 1. The van der Waals surface area contributed by atoms with Gasteiger partial charge in [-0.2, -0.15) is 0 Å². The Morgan fingerprint density at radius 3 is 0.901 bits per heavy atom. The molecule has 0 radical (unpaired) electrons. The quantitative estimate of drug-likeness (QED) is 0.0723. The molecule has 6 fully saturated rings. The van der Waals surface area contributed by atoms with Crippen molar-refractivity contribution in [1.82, 2.24) is 58.6 Å². The van der Waals surface area contributed by atoms with Crippen molar-refractivity contribution in [2.45, 2.75) is 133 Å². The van der Waals surface area contributed by atoms with Crippen LogP contribution >= 0.6 is 7.82 Å². The Hall–Kier alpha value is -9.28. The lowest BCUT2D eigenvalue weighted by Gasteiger charge is -2.28. The van der Waals surface area contributed by atoms with Gasteiger partial charge in [-0.3, -0.25) is 27.3 Å². The van der Waals surface area contributed by atoms with Crippen molar-refractivity contribution in [2.24, 2.45) is 0 Å². The topological polar surface area (TPSA) is 259 Å². The average molecular weight is 1380 g/mol. The third-order valence-corrected chi connectivity index (χ3v) is 20.6. The largest absolute Gasteiger partial charge is 0.475 e. The first kappa shape index (κ1) is 63.9. The smallest absolute Gasteiger partial charge is 0.347 e. The number of rotatable bonds is 18. The van der Waals surface area contributed by atoms with Crippen LogP contribution in [0.15, 0.2) is 202 Å². The summed E-state index contributed by atoms with van der Waals surface area (Å²) in [6, 6.07) is 54.8. The van der Waals surface area contributed by atoms with Crippen molar-refractivity contribution < 1.29 is 60.8 Å². The van der Waals surface area contributed by atoms with Crippen molar-refractivity contribution in [1.29, 1.82) is 0 Å². The molecule has 12 heterocycles. The summed E-state index contributed by atoms with van der Waals surface area (Å²) in [6.07, 6.45) is -0.276. The highest BCUT2D eigenvalue weighted by molar-refractivity contribution is 7.48. The molecule has 0 aliphatic carbocycles. The van der Waals surface area contributed by atoms with Gasteiger partial charge in [0.15, 0.2) is 53.0 Å². The van der Waals surface area contributed by atoms with Crippen molar-refractivity contribution in [3.8, 4) is 67.2 Å². The van der Waals surface area contributed by atoms with Crippen LogP contribution in [0.4, 0.5) is 0 Å². The first-order valence-corrected chi connectivity index (χ1v) is 35.1. The normalized spacial score (nSPS) is 26.3. The van der Waals surface area contributed by atoms with E-state index in [-0.39, 0.29) is 19.8 Å². The second kappa shape index (κ2) is 25.1. The zero-order valence-corrected chi connectivity index (χ0v) is 56.6. The van der Waals surface area contributed by atoms with E-state index in [0.29, 0.717) is 50.6 Å². The molecule has 26 heteroatoms. The lowest BCUT2D eigenvalue weighted by Crippen LogP contribution is -2.35. The molecule has 0 N–H and O–H groups in total. The van der Waals surface area contributed by atoms with E-state index < -0.39 is 98.8 Å². The van der Waals surface area contributed by atoms with Gasteiger partial charge in [-0.15, -0.1) is 0 Å². The number of nitrogens with zero attached hydrogens (tertiary/aromatic N) is 12. The maximum atomic E-state index is 16.1. The van der Waals surface area contributed by atoms with Gasteiger partial charge in [0.05, 0.1) is 38.8 Å². The molecule has 0 spiro atoms. The van der Waals surface area contributed by atoms with Gasteiger partial charge >= 0.3 is 7.82 Å². The second-order valence-electron chi connectivity index (χ2n) is 27.2. The van der Waals surface area contributed by atoms with E-state index in [0.717, 1.165) is 50.1 Å². The van der Waals surface area contributed by atoms with Crippen molar-refractivity contribution in [2.75, 3.05) is 19.8 Å². The van der Waals surface area contributed by atoms with E-state index in [9.17, 15) is 0 Å². The fraction of sp³-hybridized carbons (Fsp3) is 0.320. The Balaban J connectivity index is 0.648. The number of hydrogen-bond donors (Lipinski definition) is 0. The number of fused-ring (bicyclic) bond motifs is 6. The van der Waals surface area contributed by atoms with Crippen molar-refractivity contribution >= 4 is 41.3 Å². The Morgan fingerprint density at radius 2 is 0.604 bits per heavy atom. The summed E-state index contributed by atoms with van der Waals surface area (Å²) in [5, 5.41) is 0. The molecule has 0 amide bonds. The Bertz CT molecular complexity index is 4640. The second-order valence-corrected chi connectivity index (χ2v) is 28.9. The molecule has 18 rings (SSSR count). The predicted molar refractivity (Wildman–Crippen MR) is 367 cm³/mol. The molecular formula is C75H69N12O13P. The molecule has 0 saturated carbocycles. The minimum atomic E-state index is -4.79. The van der Waals surface area contributed by atoms with Gasteiger partial charge in [-0.25, -0.2) is 49.4 Å². The molecule has 25 nitrogen and oxygen atoms in total. The van der Waals surface area contributed by atoms with Crippen LogP contribution in [0.2, 0.25) is 0 Å². The van der Waals surface area contributed by atoms with Crippen LogP contribution in [-0.2, 0) is 60.8 Å². The molecule has 512 valence electrons. The fourth-order valence-corrected chi connectivity index (χ4v) is 16.0. The average Bonchev–Trinajstić information content (AvgIpc) is 1.60. The number of hydrogen-bond acceptors (Lipinski definition) is 22. The van der Waals surface area contributed by atoms with Crippen LogP contribution in [-0.4, -0.2) is 151 Å².